The average Bonchev–Trinajstić information content (AvgIpc) is 2.32. The van der Waals surface area contributed by atoms with Crippen molar-refractivity contribution in [3.05, 3.63) is 69.9 Å². The molecular weight excluding hydrogens is 293 g/mol. The van der Waals surface area contributed by atoms with E-state index < -0.39 is 5.54 Å². The number of hydrogen-bond acceptors (Lipinski definition) is 1. The van der Waals surface area contributed by atoms with Gasteiger partial charge in [0.05, 0.1) is 0 Å². The molecule has 0 aliphatic carbocycles. The molecule has 0 radical (unpaired) electrons. The Kier molecular flexibility index (Phi) is 3.83. The summed E-state index contributed by atoms with van der Waals surface area (Å²) in [5.74, 6) is -0.240. The molecule has 0 amide bonds. The minimum atomic E-state index is -0.516. The van der Waals surface area contributed by atoms with E-state index in [-0.39, 0.29) is 5.82 Å². The molecule has 1 atom stereocenters. The second-order valence-corrected chi connectivity index (χ2v) is 5.55. The molecule has 2 aromatic rings. The maximum atomic E-state index is 12.9. The van der Waals surface area contributed by atoms with Crippen LogP contribution in [0.15, 0.2) is 53.0 Å². The van der Waals surface area contributed by atoms with Crippen molar-refractivity contribution in [2.45, 2.75) is 18.9 Å². The first-order valence-corrected chi connectivity index (χ1v) is 6.57. The van der Waals surface area contributed by atoms with Gasteiger partial charge >= 0.3 is 0 Å². The van der Waals surface area contributed by atoms with Gasteiger partial charge in [-0.1, -0.05) is 46.3 Å². The lowest BCUT2D eigenvalue weighted by molar-refractivity contribution is 0.489. The Labute approximate surface area is 115 Å². The summed E-state index contributed by atoms with van der Waals surface area (Å²) in [6, 6.07) is 14.4. The first-order valence-electron chi connectivity index (χ1n) is 5.77. The lowest BCUT2D eigenvalue weighted by atomic mass is 9.87. The summed E-state index contributed by atoms with van der Waals surface area (Å²) >= 11 is 3.52. The zero-order valence-electron chi connectivity index (χ0n) is 10.2. The van der Waals surface area contributed by atoms with Crippen molar-refractivity contribution in [1.82, 2.24) is 0 Å². The third-order valence-electron chi connectivity index (χ3n) is 3.02. The SMILES string of the molecule is CC(N)(Cc1ccccc1Br)c1ccc(F)cc1. The Morgan fingerprint density at radius 1 is 1.11 bits per heavy atom. The third-order valence-corrected chi connectivity index (χ3v) is 3.79. The smallest absolute Gasteiger partial charge is 0.123 e. The number of halogens is 2. The monoisotopic (exact) mass is 307 g/mol. The number of benzene rings is 2. The van der Waals surface area contributed by atoms with E-state index in [9.17, 15) is 4.39 Å². The topological polar surface area (TPSA) is 26.0 Å². The van der Waals surface area contributed by atoms with Gasteiger partial charge in [-0.2, -0.15) is 0 Å². The van der Waals surface area contributed by atoms with Gasteiger partial charge in [0.25, 0.3) is 0 Å². The number of nitrogens with two attached hydrogens (primary N) is 1. The quantitative estimate of drug-likeness (QED) is 0.911. The van der Waals surface area contributed by atoms with Crippen LogP contribution >= 0.6 is 15.9 Å². The van der Waals surface area contributed by atoms with Gasteiger partial charge in [0, 0.05) is 10.0 Å². The molecular formula is C15H15BrFN. The first kappa shape index (κ1) is 13.2. The Bertz CT molecular complexity index is 534. The highest BCUT2D eigenvalue weighted by atomic mass is 79.9. The Morgan fingerprint density at radius 2 is 1.72 bits per heavy atom. The van der Waals surface area contributed by atoms with Crippen LogP contribution in [0.4, 0.5) is 4.39 Å². The molecule has 0 saturated carbocycles. The van der Waals surface area contributed by atoms with Gasteiger partial charge in [-0.3, -0.25) is 0 Å². The summed E-state index contributed by atoms with van der Waals surface area (Å²) in [7, 11) is 0. The van der Waals surface area contributed by atoms with Crippen LogP contribution < -0.4 is 5.73 Å². The highest BCUT2D eigenvalue weighted by molar-refractivity contribution is 9.10. The summed E-state index contributed by atoms with van der Waals surface area (Å²) in [5.41, 5.74) is 7.90. The predicted octanol–water partition coefficient (Wildman–Crippen LogP) is 4.00. The highest BCUT2D eigenvalue weighted by Gasteiger charge is 2.22. The average molecular weight is 308 g/mol. The Hall–Kier alpha value is -1.19. The fraction of sp³-hybridized carbons (Fsp3) is 0.200. The molecule has 0 heterocycles. The molecule has 0 bridgehead atoms. The number of rotatable bonds is 3. The lowest BCUT2D eigenvalue weighted by Gasteiger charge is -2.26. The molecule has 2 rings (SSSR count). The largest absolute Gasteiger partial charge is 0.321 e. The fourth-order valence-electron chi connectivity index (χ4n) is 1.97. The zero-order chi connectivity index (χ0) is 13.2. The molecule has 2 aromatic carbocycles. The molecule has 18 heavy (non-hydrogen) atoms. The molecule has 2 N–H and O–H groups in total. The van der Waals surface area contributed by atoms with Crippen molar-refractivity contribution in [2.75, 3.05) is 0 Å². The normalized spacial score (nSPS) is 14.2. The van der Waals surface area contributed by atoms with Crippen molar-refractivity contribution in [1.29, 1.82) is 0 Å². The standard InChI is InChI=1S/C15H15BrFN/c1-15(18,12-6-8-13(17)9-7-12)10-11-4-2-3-5-14(11)16/h2-9H,10,18H2,1H3. The van der Waals surface area contributed by atoms with Gasteiger partial charge in [0.15, 0.2) is 0 Å². The molecule has 1 nitrogen and oxygen atoms in total. The second kappa shape index (κ2) is 5.21. The van der Waals surface area contributed by atoms with Gasteiger partial charge in [0.1, 0.15) is 5.82 Å². The van der Waals surface area contributed by atoms with Crippen LogP contribution in [0.5, 0.6) is 0 Å². The van der Waals surface area contributed by atoms with E-state index in [2.05, 4.69) is 15.9 Å². The van der Waals surface area contributed by atoms with Crippen LogP contribution in [-0.4, -0.2) is 0 Å². The van der Waals surface area contributed by atoms with Crippen LogP contribution in [-0.2, 0) is 12.0 Å². The van der Waals surface area contributed by atoms with Crippen LogP contribution in [0.25, 0.3) is 0 Å². The summed E-state index contributed by atoms with van der Waals surface area (Å²) in [6.07, 6.45) is 0.694. The molecule has 0 spiro atoms. The third kappa shape index (κ3) is 2.98. The molecule has 0 aliphatic heterocycles. The van der Waals surface area contributed by atoms with E-state index in [0.29, 0.717) is 6.42 Å². The van der Waals surface area contributed by atoms with Gasteiger partial charge < -0.3 is 5.73 Å². The molecule has 3 heteroatoms. The molecule has 0 saturated heterocycles. The minimum absolute atomic E-state index is 0.240. The van der Waals surface area contributed by atoms with E-state index in [1.165, 1.54) is 12.1 Å². The lowest BCUT2D eigenvalue weighted by Crippen LogP contribution is -2.35. The molecule has 0 aromatic heterocycles. The minimum Gasteiger partial charge on any atom is -0.321 e. The van der Waals surface area contributed by atoms with E-state index in [1.807, 2.05) is 31.2 Å². The Balaban J connectivity index is 2.27. The van der Waals surface area contributed by atoms with Crippen LogP contribution in [0.1, 0.15) is 18.1 Å². The first-order chi connectivity index (χ1) is 8.49. The Morgan fingerprint density at radius 3 is 2.33 bits per heavy atom. The van der Waals surface area contributed by atoms with Crippen molar-refractivity contribution in [2.24, 2.45) is 5.73 Å². The fourth-order valence-corrected chi connectivity index (χ4v) is 2.40. The van der Waals surface area contributed by atoms with Gasteiger partial charge in [0.2, 0.25) is 0 Å². The summed E-state index contributed by atoms with van der Waals surface area (Å²) in [6.45, 7) is 1.96. The summed E-state index contributed by atoms with van der Waals surface area (Å²) < 4.78 is 14.0. The van der Waals surface area contributed by atoms with Crippen molar-refractivity contribution < 1.29 is 4.39 Å². The number of hydrogen-bond donors (Lipinski definition) is 1. The van der Waals surface area contributed by atoms with Gasteiger partial charge in [-0.05, 0) is 42.7 Å². The summed E-state index contributed by atoms with van der Waals surface area (Å²) in [5, 5.41) is 0. The van der Waals surface area contributed by atoms with Crippen LogP contribution in [0, 0.1) is 5.82 Å². The second-order valence-electron chi connectivity index (χ2n) is 4.69. The molecule has 1 unspecified atom stereocenters. The van der Waals surface area contributed by atoms with Crippen LogP contribution in [0.3, 0.4) is 0 Å². The predicted molar refractivity (Wildman–Crippen MR) is 75.8 cm³/mol. The van der Waals surface area contributed by atoms with Gasteiger partial charge in [-0.15, -0.1) is 0 Å². The van der Waals surface area contributed by atoms with E-state index in [1.54, 1.807) is 12.1 Å². The van der Waals surface area contributed by atoms with E-state index >= 15 is 0 Å². The molecule has 0 aliphatic rings. The maximum Gasteiger partial charge on any atom is 0.123 e. The summed E-state index contributed by atoms with van der Waals surface area (Å²) in [4.78, 5) is 0. The molecule has 94 valence electrons. The zero-order valence-corrected chi connectivity index (χ0v) is 11.7. The van der Waals surface area contributed by atoms with Crippen LogP contribution in [0.2, 0.25) is 0 Å². The van der Waals surface area contributed by atoms with E-state index in [0.717, 1.165) is 15.6 Å². The maximum absolute atomic E-state index is 12.9. The van der Waals surface area contributed by atoms with Gasteiger partial charge in [-0.25, -0.2) is 4.39 Å². The van der Waals surface area contributed by atoms with Crippen molar-refractivity contribution >= 4 is 15.9 Å². The van der Waals surface area contributed by atoms with E-state index in [4.69, 9.17) is 5.73 Å². The molecule has 0 fully saturated rings. The van der Waals surface area contributed by atoms with Crippen molar-refractivity contribution in [3.63, 3.8) is 0 Å². The highest BCUT2D eigenvalue weighted by Crippen LogP contribution is 2.26. The van der Waals surface area contributed by atoms with Crippen molar-refractivity contribution in [3.8, 4) is 0 Å².